The Bertz CT molecular complexity index is 744. The molecule has 9 heteroatoms. The second-order valence-electron chi connectivity index (χ2n) is 9.15. The van der Waals surface area contributed by atoms with E-state index in [4.69, 9.17) is 10.7 Å². The molecule has 1 amide bonds. The van der Waals surface area contributed by atoms with Gasteiger partial charge in [-0.05, 0) is 70.6 Å². The topological polar surface area (TPSA) is 98.9 Å². The molecule has 0 atom stereocenters. The van der Waals surface area contributed by atoms with Gasteiger partial charge in [-0.1, -0.05) is 13.0 Å². The molecule has 0 unspecified atom stereocenters. The van der Waals surface area contributed by atoms with Crippen LogP contribution < -0.4 is 21.3 Å². The van der Waals surface area contributed by atoms with Crippen molar-refractivity contribution >= 4 is 41.7 Å². The van der Waals surface area contributed by atoms with Gasteiger partial charge in [0.15, 0.2) is 5.96 Å². The summed E-state index contributed by atoms with van der Waals surface area (Å²) in [6.45, 7) is 12.0. The average Bonchev–Trinajstić information content (AvgIpc) is 2.81. The molecule has 0 aliphatic carbocycles. The lowest BCUT2D eigenvalue weighted by molar-refractivity contribution is -0.122. The summed E-state index contributed by atoms with van der Waals surface area (Å²) in [4.78, 5) is 25.7. The molecule has 0 spiro atoms. The Kier molecular flexibility index (Phi) is 12.2. The lowest BCUT2D eigenvalue weighted by Crippen LogP contribution is -2.40. The minimum Gasteiger partial charge on any atom is -0.369 e. The van der Waals surface area contributed by atoms with Crippen LogP contribution in [0, 0.1) is 11.8 Å². The van der Waals surface area contributed by atoms with Crippen molar-refractivity contribution in [1.82, 2.24) is 20.5 Å². The Hall–Kier alpha value is -1.62. The Morgan fingerprint density at radius 1 is 1.18 bits per heavy atom. The normalized spacial score (nSPS) is 18.6. The van der Waals surface area contributed by atoms with Gasteiger partial charge >= 0.3 is 0 Å². The maximum atomic E-state index is 11.5. The summed E-state index contributed by atoms with van der Waals surface area (Å²) in [6.07, 6.45) is 7.17. The number of primary amides is 1. The van der Waals surface area contributed by atoms with Gasteiger partial charge in [-0.3, -0.25) is 4.79 Å². The number of nitrogens with one attached hydrogen (secondary N) is 2. The van der Waals surface area contributed by atoms with Gasteiger partial charge in [-0.25, -0.2) is 9.98 Å². The molecule has 2 aliphatic rings. The highest BCUT2D eigenvalue weighted by Crippen LogP contribution is 2.25. The number of amides is 1. The van der Waals surface area contributed by atoms with E-state index in [1.807, 2.05) is 12.3 Å². The zero-order chi connectivity index (χ0) is 22.8. The fourth-order valence-electron chi connectivity index (χ4n) is 4.52. The summed E-state index contributed by atoms with van der Waals surface area (Å²) in [5.41, 5.74) is 6.58. The first-order valence-corrected chi connectivity index (χ1v) is 12.3. The van der Waals surface area contributed by atoms with Crippen LogP contribution in [0.5, 0.6) is 0 Å². The third kappa shape index (κ3) is 8.92. The monoisotopic (exact) mass is 571 g/mol. The molecule has 0 saturated carbocycles. The summed E-state index contributed by atoms with van der Waals surface area (Å²) in [6, 6.07) is 4.05. The van der Waals surface area contributed by atoms with Gasteiger partial charge in [0, 0.05) is 43.9 Å². The number of anilines is 1. The zero-order valence-electron chi connectivity index (χ0n) is 20.3. The number of aliphatic imine (C=N–C) groups is 1. The van der Waals surface area contributed by atoms with Crippen molar-refractivity contribution < 1.29 is 4.79 Å². The Morgan fingerprint density at radius 2 is 1.91 bits per heavy atom. The molecular formula is C24H42IN7O. The average molecular weight is 572 g/mol. The van der Waals surface area contributed by atoms with E-state index in [0.29, 0.717) is 6.54 Å². The number of halogens is 1. The number of guanidine groups is 1. The minimum atomic E-state index is -0.188. The number of hydrogen-bond donors (Lipinski definition) is 3. The number of likely N-dealkylation sites (tertiary alicyclic amines) is 1. The highest BCUT2D eigenvalue weighted by Gasteiger charge is 2.25. The lowest BCUT2D eigenvalue weighted by atomic mass is 9.96. The Balaban J connectivity index is 0.00000385. The molecule has 186 valence electrons. The maximum absolute atomic E-state index is 11.5. The number of hydrogen-bond acceptors (Lipinski definition) is 5. The molecular weight excluding hydrogens is 529 g/mol. The molecule has 33 heavy (non-hydrogen) atoms. The fourth-order valence-corrected chi connectivity index (χ4v) is 4.52. The highest BCUT2D eigenvalue weighted by atomic mass is 127. The number of pyridine rings is 1. The van der Waals surface area contributed by atoms with Gasteiger partial charge in [0.2, 0.25) is 5.91 Å². The Morgan fingerprint density at radius 3 is 2.58 bits per heavy atom. The zero-order valence-corrected chi connectivity index (χ0v) is 22.6. The van der Waals surface area contributed by atoms with E-state index in [0.717, 1.165) is 75.2 Å². The molecule has 2 aliphatic heterocycles. The molecule has 8 nitrogen and oxygen atoms in total. The summed E-state index contributed by atoms with van der Waals surface area (Å²) in [5.74, 6) is 2.49. The van der Waals surface area contributed by atoms with Crippen molar-refractivity contribution in [2.75, 3.05) is 50.7 Å². The molecule has 3 heterocycles. The van der Waals surface area contributed by atoms with Crippen LogP contribution in [0.25, 0.3) is 0 Å². The Labute approximate surface area is 216 Å². The van der Waals surface area contributed by atoms with Gasteiger partial charge < -0.3 is 26.2 Å². The molecule has 0 radical (unpaired) electrons. The third-order valence-electron chi connectivity index (χ3n) is 6.64. The summed E-state index contributed by atoms with van der Waals surface area (Å²) < 4.78 is 0. The van der Waals surface area contributed by atoms with Crippen LogP contribution in [-0.4, -0.2) is 67.6 Å². The van der Waals surface area contributed by atoms with E-state index in [-0.39, 0.29) is 35.8 Å². The minimum absolute atomic E-state index is 0. The summed E-state index contributed by atoms with van der Waals surface area (Å²) in [5, 5.41) is 6.84. The quantitative estimate of drug-likeness (QED) is 0.183. The second-order valence-corrected chi connectivity index (χ2v) is 9.15. The van der Waals surface area contributed by atoms with Gasteiger partial charge in [-0.2, -0.15) is 0 Å². The number of aromatic nitrogens is 1. The number of rotatable bonds is 9. The van der Waals surface area contributed by atoms with Crippen LogP contribution in [-0.2, 0) is 11.3 Å². The number of nitrogens with two attached hydrogens (primary N) is 1. The first-order chi connectivity index (χ1) is 15.6. The van der Waals surface area contributed by atoms with Gasteiger partial charge in [0.1, 0.15) is 5.82 Å². The van der Waals surface area contributed by atoms with E-state index in [1.165, 1.54) is 25.9 Å². The second kappa shape index (κ2) is 14.6. The van der Waals surface area contributed by atoms with Crippen molar-refractivity contribution in [2.24, 2.45) is 22.6 Å². The summed E-state index contributed by atoms with van der Waals surface area (Å²) >= 11 is 0. The lowest BCUT2D eigenvalue weighted by Gasteiger charge is -2.32. The van der Waals surface area contributed by atoms with Gasteiger partial charge in [0.05, 0.1) is 6.54 Å². The number of carbonyl (C=O) groups excluding carboxylic acids is 1. The maximum Gasteiger partial charge on any atom is 0.220 e. The molecule has 4 N–H and O–H groups in total. The molecule has 0 aromatic carbocycles. The molecule has 1 aromatic heterocycles. The van der Waals surface area contributed by atoms with Gasteiger partial charge in [0.25, 0.3) is 0 Å². The van der Waals surface area contributed by atoms with E-state index >= 15 is 0 Å². The number of piperidine rings is 2. The highest BCUT2D eigenvalue weighted by molar-refractivity contribution is 14.0. The SMILES string of the molecule is CCNC(=NCc1cccnc1N1CCC(C(N)=O)CC1)NCCCN1CCC(C)CC1.I. The molecule has 1 aromatic rings. The third-order valence-corrected chi connectivity index (χ3v) is 6.64. The first kappa shape index (κ1) is 27.6. The van der Waals surface area contributed by atoms with Crippen LogP contribution in [0.1, 0.15) is 51.5 Å². The van der Waals surface area contributed by atoms with Gasteiger partial charge in [-0.15, -0.1) is 24.0 Å². The van der Waals surface area contributed by atoms with Crippen molar-refractivity contribution in [1.29, 1.82) is 0 Å². The largest absolute Gasteiger partial charge is 0.369 e. The van der Waals surface area contributed by atoms with E-state index in [9.17, 15) is 4.79 Å². The van der Waals surface area contributed by atoms with Crippen molar-refractivity contribution in [3.05, 3.63) is 23.9 Å². The molecule has 3 rings (SSSR count). The predicted molar refractivity (Wildman–Crippen MR) is 146 cm³/mol. The predicted octanol–water partition coefficient (Wildman–Crippen LogP) is 2.58. The number of carbonyl (C=O) groups is 1. The van der Waals surface area contributed by atoms with E-state index in [2.05, 4.69) is 45.3 Å². The van der Waals surface area contributed by atoms with Crippen molar-refractivity contribution in [3.63, 3.8) is 0 Å². The van der Waals surface area contributed by atoms with Crippen LogP contribution in [0.2, 0.25) is 0 Å². The first-order valence-electron chi connectivity index (χ1n) is 12.3. The summed E-state index contributed by atoms with van der Waals surface area (Å²) in [7, 11) is 0. The standard InChI is InChI=1S/C24H41N7O.HI/c1-3-26-24(28-12-5-13-30-14-7-19(2)8-15-30)29-18-21-6-4-11-27-23(21)31-16-9-20(10-17-31)22(25)32;/h4,6,11,19-20H,3,5,7-10,12-18H2,1-2H3,(H2,25,32)(H2,26,28,29);1H. The van der Waals surface area contributed by atoms with E-state index in [1.54, 1.807) is 0 Å². The van der Waals surface area contributed by atoms with Crippen LogP contribution in [0.3, 0.4) is 0 Å². The van der Waals surface area contributed by atoms with Crippen LogP contribution in [0.15, 0.2) is 23.3 Å². The number of nitrogens with zero attached hydrogens (tertiary/aromatic N) is 4. The van der Waals surface area contributed by atoms with Crippen LogP contribution in [0.4, 0.5) is 5.82 Å². The fraction of sp³-hybridized carbons (Fsp3) is 0.708. The molecule has 2 saturated heterocycles. The van der Waals surface area contributed by atoms with E-state index < -0.39 is 0 Å². The van der Waals surface area contributed by atoms with Crippen molar-refractivity contribution in [2.45, 2.75) is 52.5 Å². The molecule has 0 bridgehead atoms. The van der Waals surface area contributed by atoms with Crippen molar-refractivity contribution in [3.8, 4) is 0 Å². The van der Waals surface area contributed by atoms with Crippen LogP contribution >= 0.6 is 24.0 Å². The smallest absolute Gasteiger partial charge is 0.220 e. The molecule has 2 fully saturated rings.